The highest BCUT2D eigenvalue weighted by Gasteiger charge is 2.16. The van der Waals surface area contributed by atoms with Crippen LogP contribution in [0.15, 0.2) is 60.7 Å². The zero-order valence-corrected chi connectivity index (χ0v) is 17.6. The van der Waals surface area contributed by atoms with Gasteiger partial charge in [-0.05, 0) is 24.1 Å². The molecule has 0 saturated heterocycles. The second-order valence-electron chi connectivity index (χ2n) is 6.65. The normalized spacial score (nSPS) is 10.4. The maximum absolute atomic E-state index is 12.1. The Morgan fingerprint density at radius 1 is 1.13 bits per heavy atom. The van der Waals surface area contributed by atoms with Crippen LogP contribution in [0.25, 0.3) is 0 Å². The van der Waals surface area contributed by atoms with E-state index < -0.39 is 0 Å². The summed E-state index contributed by atoms with van der Waals surface area (Å²) >= 11 is 6.10. The number of nitrogens with one attached hydrogen (secondary N) is 3. The summed E-state index contributed by atoms with van der Waals surface area (Å²) in [6.07, 6.45) is 0. The third-order valence-corrected chi connectivity index (χ3v) is 4.90. The van der Waals surface area contributed by atoms with Crippen molar-refractivity contribution in [3.05, 3.63) is 87.9 Å². The van der Waals surface area contributed by atoms with E-state index in [4.69, 9.17) is 21.7 Å². The molecule has 1 amide bonds. The summed E-state index contributed by atoms with van der Waals surface area (Å²) in [6, 6.07) is 18.5. The van der Waals surface area contributed by atoms with Crippen LogP contribution in [0.4, 0.5) is 5.82 Å². The van der Waals surface area contributed by atoms with Gasteiger partial charge in [0.15, 0.2) is 6.61 Å². The van der Waals surface area contributed by atoms with Crippen LogP contribution in [-0.4, -0.2) is 30.3 Å². The molecule has 0 aliphatic rings. The Morgan fingerprint density at radius 3 is 2.53 bits per heavy atom. The molecule has 2 aromatic carbocycles. The highest BCUT2D eigenvalue weighted by molar-refractivity contribution is 6.31. The molecule has 0 spiro atoms. The smallest absolute Gasteiger partial charge is 0.258 e. The number of anilines is 1. The standard InChI is InChI=1S/C23H23ClN4O2/c1-15-12-20(30-14-19(29)27-13-17-10-6-7-11-18(17)24)28-23(26-2)21(15)22(25)16-8-4-3-5-9-16/h3-12,25H,13-14H2,1-2H3,(H,26,28)(H,27,29). The molecule has 0 unspecified atom stereocenters. The molecule has 0 saturated carbocycles. The molecule has 7 heteroatoms. The first kappa shape index (κ1) is 21.3. The lowest BCUT2D eigenvalue weighted by molar-refractivity contribution is -0.123. The van der Waals surface area contributed by atoms with Gasteiger partial charge in [-0.1, -0.05) is 60.1 Å². The number of pyridine rings is 1. The van der Waals surface area contributed by atoms with E-state index in [2.05, 4.69) is 15.6 Å². The minimum atomic E-state index is -0.276. The average Bonchev–Trinajstić information content (AvgIpc) is 2.76. The zero-order chi connectivity index (χ0) is 21.5. The van der Waals surface area contributed by atoms with Crippen LogP contribution in [0.1, 0.15) is 22.3 Å². The Balaban J connectivity index is 1.67. The van der Waals surface area contributed by atoms with E-state index in [-0.39, 0.29) is 12.5 Å². The first-order chi connectivity index (χ1) is 14.5. The number of halogens is 1. The first-order valence-electron chi connectivity index (χ1n) is 9.46. The van der Waals surface area contributed by atoms with Crippen molar-refractivity contribution >= 4 is 29.0 Å². The zero-order valence-electron chi connectivity index (χ0n) is 16.8. The largest absolute Gasteiger partial charge is 0.468 e. The fourth-order valence-electron chi connectivity index (χ4n) is 2.99. The van der Waals surface area contributed by atoms with Crippen LogP contribution in [-0.2, 0) is 11.3 Å². The van der Waals surface area contributed by atoms with Crippen molar-refractivity contribution in [2.45, 2.75) is 13.5 Å². The SMILES string of the molecule is CNc1nc(OCC(=O)NCc2ccccc2Cl)cc(C)c1C(=N)c1ccccc1. The maximum atomic E-state index is 12.1. The number of hydrogen-bond acceptors (Lipinski definition) is 5. The predicted molar refractivity (Wildman–Crippen MR) is 120 cm³/mol. The lowest BCUT2D eigenvalue weighted by atomic mass is 9.99. The van der Waals surface area contributed by atoms with Crippen molar-refractivity contribution in [1.29, 1.82) is 5.41 Å². The van der Waals surface area contributed by atoms with Gasteiger partial charge in [-0.2, -0.15) is 4.98 Å². The number of aromatic nitrogens is 1. The molecule has 3 rings (SSSR count). The van der Waals surface area contributed by atoms with Crippen LogP contribution in [0.3, 0.4) is 0 Å². The summed E-state index contributed by atoms with van der Waals surface area (Å²) in [5, 5.41) is 15.0. The Kier molecular flexibility index (Phi) is 7.03. The number of nitrogens with zero attached hydrogens (tertiary/aromatic N) is 1. The number of carbonyl (C=O) groups is 1. The van der Waals surface area contributed by atoms with E-state index in [1.165, 1.54) is 0 Å². The Hall–Kier alpha value is -3.38. The van der Waals surface area contributed by atoms with E-state index in [1.807, 2.05) is 55.5 Å². The number of aryl methyl sites for hydroxylation is 1. The fraction of sp³-hybridized carbons (Fsp3) is 0.174. The van der Waals surface area contributed by atoms with Gasteiger partial charge in [0.2, 0.25) is 5.88 Å². The van der Waals surface area contributed by atoms with Gasteiger partial charge in [-0.3, -0.25) is 10.2 Å². The van der Waals surface area contributed by atoms with E-state index in [0.717, 1.165) is 16.7 Å². The number of rotatable bonds is 8. The molecule has 1 heterocycles. The molecule has 30 heavy (non-hydrogen) atoms. The molecule has 0 aliphatic carbocycles. The van der Waals surface area contributed by atoms with Crippen molar-refractivity contribution < 1.29 is 9.53 Å². The molecule has 0 atom stereocenters. The topological polar surface area (TPSA) is 87.1 Å². The highest BCUT2D eigenvalue weighted by atomic mass is 35.5. The number of amides is 1. The maximum Gasteiger partial charge on any atom is 0.258 e. The monoisotopic (exact) mass is 422 g/mol. The quantitative estimate of drug-likeness (QED) is 0.475. The van der Waals surface area contributed by atoms with Gasteiger partial charge in [0.05, 0.1) is 5.71 Å². The summed E-state index contributed by atoms with van der Waals surface area (Å²) in [6.45, 7) is 2.04. The van der Waals surface area contributed by atoms with E-state index in [0.29, 0.717) is 34.5 Å². The molecular formula is C23H23ClN4O2. The van der Waals surface area contributed by atoms with Crippen LogP contribution in [0.5, 0.6) is 5.88 Å². The first-order valence-corrected chi connectivity index (χ1v) is 9.84. The van der Waals surface area contributed by atoms with Crippen molar-refractivity contribution in [3.8, 4) is 5.88 Å². The Labute approximate surface area is 180 Å². The number of benzene rings is 2. The Bertz CT molecular complexity index is 1050. The van der Waals surface area contributed by atoms with Gasteiger partial charge in [0.1, 0.15) is 5.82 Å². The number of hydrogen-bond donors (Lipinski definition) is 3. The highest BCUT2D eigenvalue weighted by Crippen LogP contribution is 2.25. The van der Waals surface area contributed by atoms with Crippen molar-refractivity contribution in [2.75, 3.05) is 19.0 Å². The number of carbonyl (C=O) groups excluding carboxylic acids is 1. The van der Waals surface area contributed by atoms with E-state index in [1.54, 1.807) is 19.2 Å². The molecule has 0 radical (unpaired) electrons. The molecule has 6 nitrogen and oxygen atoms in total. The second kappa shape index (κ2) is 9.89. The van der Waals surface area contributed by atoms with Gasteiger partial charge in [-0.15, -0.1) is 0 Å². The minimum absolute atomic E-state index is 0.171. The summed E-state index contributed by atoms with van der Waals surface area (Å²) in [4.78, 5) is 16.6. The van der Waals surface area contributed by atoms with Gasteiger partial charge >= 0.3 is 0 Å². The molecule has 0 bridgehead atoms. The summed E-state index contributed by atoms with van der Waals surface area (Å²) < 4.78 is 5.58. The minimum Gasteiger partial charge on any atom is -0.468 e. The molecule has 3 aromatic rings. The van der Waals surface area contributed by atoms with E-state index >= 15 is 0 Å². The summed E-state index contributed by atoms with van der Waals surface area (Å²) in [5.41, 5.74) is 3.53. The van der Waals surface area contributed by atoms with E-state index in [9.17, 15) is 4.79 Å². The molecule has 0 aliphatic heterocycles. The van der Waals surface area contributed by atoms with Crippen molar-refractivity contribution in [1.82, 2.24) is 10.3 Å². The van der Waals surface area contributed by atoms with Crippen LogP contribution < -0.4 is 15.4 Å². The molecule has 3 N–H and O–H groups in total. The molecule has 154 valence electrons. The second-order valence-corrected chi connectivity index (χ2v) is 7.06. The van der Waals surface area contributed by atoms with Crippen LogP contribution in [0, 0.1) is 12.3 Å². The van der Waals surface area contributed by atoms with Crippen molar-refractivity contribution in [2.24, 2.45) is 0 Å². The molecule has 0 fully saturated rings. The lowest BCUT2D eigenvalue weighted by Crippen LogP contribution is -2.28. The van der Waals surface area contributed by atoms with Gasteiger partial charge in [0, 0.05) is 35.8 Å². The summed E-state index contributed by atoms with van der Waals surface area (Å²) in [7, 11) is 1.74. The van der Waals surface area contributed by atoms with Crippen LogP contribution >= 0.6 is 11.6 Å². The Morgan fingerprint density at radius 2 is 1.83 bits per heavy atom. The third kappa shape index (κ3) is 5.15. The molecular weight excluding hydrogens is 400 g/mol. The fourth-order valence-corrected chi connectivity index (χ4v) is 3.19. The van der Waals surface area contributed by atoms with Crippen molar-refractivity contribution in [3.63, 3.8) is 0 Å². The van der Waals surface area contributed by atoms with Gasteiger partial charge in [0.25, 0.3) is 5.91 Å². The predicted octanol–water partition coefficient (Wildman–Crippen LogP) is 4.20. The van der Waals surface area contributed by atoms with Gasteiger partial charge in [-0.25, -0.2) is 0 Å². The number of ether oxygens (including phenoxy) is 1. The average molecular weight is 423 g/mol. The lowest BCUT2D eigenvalue weighted by Gasteiger charge is -2.15. The summed E-state index contributed by atoms with van der Waals surface area (Å²) in [5.74, 6) is 0.561. The molecule has 1 aromatic heterocycles. The van der Waals surface area contributed by atoms with Crippen LogP contribution in [0.2, 0.25) is 5.02 Å². The van der Waals surface area contributed by atoms with Gasteiger partial charge < -0.3 is 15.4 Å². The third-order valence-electron chi connectivity index (χ3n) is 4.53.